The van der Waals surface area contributed by atoms with Crippen LogP contribution in [-0.4, -0.2) is 5.91 Å². The van der Waals surface area contributed by atoms with Crippen LogP contribution < -0.4 is 5.32 Å². The first-order valence-corrected chi connectivity index (χ1v) is 6.81. The van der Waals surface area contributed by atoms with Crippen molar-refractivity contribution in [3.63, 3.8) is 0 Å². The molecule has 0 aromatic heterocycles. The molecule has 21 heavy (non-hydrogen) atoms. The van der Waals surface area contributed by atoms with E-state index in [-0.39, 0.29) is 12.3 Å². The van der Waals surface area contributed by atoms with E-state index in [2.05, 4.69) is 5.32 Å². The fourth-order valence-electron chi connectivity index (χ4n) is 1.95. The van der Waals surface area contributed by atoms with Gasteiger partial charge in [0.25, 0.3) is 0 Å². The van der Waals surface area contributed by atoms with Crippen molar-refractivity contribution in [1.29, 1.82) is 0 Å². The SMILES string of the molecule is Cc1ccc(CNC(=O)CCc2ccc(F)c(F)c2)cc1. The fourth-order valence-corrected chi connectivity index (χ4v) is 1.95. The summed E-state index contributed by atoms with van der Waals surface area (Å²) in [5.74, 6) is -1.87. The maximum atomic E-state index is 13.0. The molecule has 0 fully saturated rings. The van der Waals surface area contributed by atoms with E-state index < -0.39 is 11.6 Å². The number of carbonyl (C=O) groups excluding carboxylic acids is 1. The van der Waals surface area contributed by atoms with Gasteiger partial charge in [-0.1, -0.05) is 35.9 Å². The number of halogens is 2. The molecule has 1 N–H and O–H groups in total. The zero-order chi connectivity index (χ0) is 15.2. The second kappa shape index (κ2) is 6.97. The van der Waals surface area contributed by atoms with E-state index in [0.717, 1.165) is 17.7 Å². The second-order valence-electron chi connectivity index (χ2n) is 5.01. The van der Waals surface area contributed by atoms with Crippen LogP contribution in [0.4, 0.5) is 8.78 Å². The highest BCUT2D eigenvalue weighted by Crippen LogP contribution is 2.10. The highest BCUT2D eigenvalue weighted by Gasteiger charge is 2.05. The van der Waals surface area contributed by atoms with E-state index in [0.29, 0.717) is 18.5 Å². The number of amides is 1. The Morgan fingerprint density at radius 1 is 1.00 bits per heavy atom. The standard InChI is InChI=1S/C17H17F2NO/c1-12-2-4-14(5-3-12)11-20-17(21)9-7-13-6-8-15(18)16(19)10-13/h2-6,8,10H,7,9,11H2,1H3,(H,20,21). The molecule has 0 heterocycles. The van der Waals surface area contributed by atoms with Gasteiger partial charge >= 0.3 is 0 Å². The molecule has 0 unspecified atom stereocenters. The molecule has 0 atom stereocenters. The van der Waals surface area contributed by atoms with Crippen LogP contribution in [0.3, 0.4) is 0 Å². The third-order valence-corrected chi connectivity index (χ3v) is 3.24. The molecule has 0 aliphatic rings. The van der Waals surface area contributed by atoms with Gasteiger partial charge in [0.2, 0.25) is 5.91 Å². The maximum Gasteiger partial charge on any atom is 0.220 e. The van der Waals surface area contributed by atoms with Gasteiger partial charge in [-0.3, -0.25) is 4.79 Å². The quantitative estimate of drug-likeness (QED) is 0.896. The molecule has 110 valence electrons. The molecule has 2 aromatic rings. The summed E-state index contributed by atoms with van der Waals surface area (Å²) in [4.78, 5) is 11.7. The number of hydrogen-bond donors (Lipinski definition) is 1. The predicted molar refractivity (Wildman–Crippen MR) is 77.7 cm³/mol. The molecule has 0 spiro atoms. The summed E-state index contributed by atoms with van der Waals surface area (Å²) in [6.45, 7) is 2.47. The average Bonchev–Trinajstić information content (AvgIpc) is 2.48. The van der Waals surface area contributed by atoms with E-state index >= 15 is 0 Å². The number of aryl methyl sites for hydroxylation is 2. The normalized spacial score (nSPS) is 10.4. The van der Waals surface area contributed by atoms with Crippen molar-refractivity contribution in [2.24, 2.45) is 0 Å². The molecule has 4 heteroatoms. The molecule has 2 aromatic carbocycles. The summed E-state index contributed by atoms with van der Waals surface area (Å²) in [5.41, 5.74) is 2.81. The Morgan fingerprint density at radius 2 is 1.67 bits per heavy atom. The van der Waals surface area contributed by atoms with Gasteiger partial charge in [-0.2, -0.15) is 0 Å². The number of rotatable bonds is 5. The molecule has 0 aliphatic carbocycles. The van der Waals surface area contributed by atoms with Crippen LogP contribution in [0.1, 0.15) is 23.1 Å². The molecule has 0 radical (unpaired) electrons. The van der Waals surface area contributed by atoms with Gasteiger partial charge in [-0.05, 0) is 36.6 Å². The largest absolute Gasteiger partial charge is 0.352 e. The Morgan fingerprint density at radius 3 is 2.33 bits per heavy atom. The third-order valence-electron chi connectivity index (χ3n) is 3.24. The molecular weight excluding hydrogens is 272 g/mol. The van der Waals surface area contributed by atoms with Crippen molar-refractivity contribution in [2.45, 2.75) is 26.3 Å². The minimum Gasteiger partial charge on any atom is -0.352 e. The topological polar surface area (TPSA) is 29.1 Å². The van der Waals surface area contributed by atoms with E-state index in [1.807, 2.05) is 31.2 Å². The highest BCUT2D eigenvalue weighted by molar-refractivity contribution is 5.76. The molecule has 0 saturated carbocycles. The molecule has 2 nitrogen and oxygen atoms in total. The lowest BCUT2D eigenvalue weighted by Crippen LogP contribution is -2.23. The van der Waals surface area contributed by atoms with Crippen molar-refractivity contribution < 1.29 is 13.6 Å². The summed E-state index contributed by atoms with van der Waals surface area (Å²) in [6.07, 6.45) is 0.633. The molecule has 2 rings (SSSR count). The van der Waals surface area contributed by atoms with Crippen molar-refractivity contribution in [2.75, 3.05) is 0 Å². The van der Waals surface area contributed by atoms with Gasteiger partial charge in [0, 0.05) is 13.0 Å². The first-order chi connectivity index (χ1) is 10.0. The van der Waals surface area contributed by atoms with E-state index in [1.165, 1.54) is 11.6 Å². The summed E-state index contributed by atoms with van der Waals surface area (Å²) in [5, 5.41) is 2.81. The number of benzene rings is 2. The van der Waals surface area contributed by atoms with E-state index in [9.17, 15) is 13.6 Å². The number of carbonyl (C=O) groups is 1. The minimum absolute atomic E-state index is 0.111. The third kappa shape index (κ3) is 4.67. The Hall–Kier alpha value is -2.23. The molecule has 1 amide bonds. The van der Waals surface area contributed by atoms with E-state index in [4.69, 9.17) is 0 Å². The number of hydrogen-bond acceptors (Lipinski definition) is 1. The zero-order valence-electron chi connectivity index (χ0n) is 11.8. The van der Waals surface area contributed by atoms with Crippen LogP contribution in [0, 0.1) is 18.6 Å². The Bertz CT molecular complexity index is 623. The van der Waals surface area contributed by atoms with Crippen LogP contribution >= 0.6 is 0 Å². The highest BCUT2D eigenvalue weighted by atomic mass is 19.2. The van der Waals surface area contributed by atoms with Gasteiger partial charge in [0.1, 0.15) is 0 Å². The molecule has 0 bridgehead atoms. The monoisotopic (exact) mass is 289 g/mol. The van der Waals surface area contributed by atoms with Crippen LogP contribution in [0.25, 0.3) is 0 Å². The second-order valence-corrected chi connectivity index (χ2v) is 5.01. The van der Waals surface area contributed by atoms with Crippen molar-refractivity contribution >= 4 is 5.91 Å². The number of nitrogens with one attached hydrogen (secondary N) is 1. The lowest BCUT2D eigenvalue weighted by atomic mass is 10.1. The van der Waals surface area contributed by atoms with Crippen molar-refractivity contribution in [3.05, 3.63) is 70.8 Å². The van der Waals surface area contributed by atoms with Gasteiger partial charge in [-0.15, -0.1) is 0 Å². The van der Waals surface area contributed by atoms with Crippen molar-refractivity contribution in [3.8, 4) is 0 Å². The molecular formula is C17H17F2NO. The van der Waals surface area contributed by atoms with Gasteiger partial charge in [0.05, 0.1) is 0 Å². The van der Waals surface area contributed by atoms with Gasteiger partial charge < -0.3 is 5.32 Å². The Labute approximate surface area is 122 Å². The Balaban J connectivity index is 1.79. The lowest BCUT2D eigenvalue weighted by Gasteiger charge is -2.06. The molecule has 0 aliphatic heterocycles. The summed E-state index contributed by atoms with van der Waals surface area (Å²) < 4.78 is 25.8. The minimum atomic E-state index is -0.882. The van der Waals surface area contributed by atoms with Crippen LogP contribution in [0.2, 0.25) is 0 Å². The summed E-state index contributed by atoms with van der Waals surface area (Å²) in [6, 6.07) is 11.6. The van der Waals surface area contributed by atoms with E-state index in [1.54, 1.807) is 0 Å². The molecule has 0 saturated heterocycles. The first-order valence-electron chi connectivity index (χ1n) is 6.81. The zero-order valence-corrected chi connectivity index (χ0v) is 11.8. The summed E-state index contributed by atoms with van der Waals surface area (Å²) >= 11 is 0. The predicted octanol–water partition coefficient (Wildman–Crippen LogP) is 3.52. The van der Waals surface area contributed by atoms with Crippen molar-refractivity contribution in [1.82, 2.24) is 5.32 Å². The first kappa shape index (κ1) is 15.2. The smallest absolute Gasteiger partial charge is 0.220 e. The van der Waals surface area contributed by atoms with Crippen LogP contribution in [-0.2, 0) is 17.8 Å². The Kier molecular flexibility index (Phi) is 5.04. The fraction of sp³-hybridized carbons (Fsp3) is 0.235. The maximum absolute atomic E-state index is 13.0. The lowest BCUT2D eigenvalue weighted by molar-refractivity contribution is -0.121. The van der Waals surface area contributed by atoms with Gasteiger partial charge in [-0.25, -0.2) is 8.78 Å². The summed E-state index contributed by atoms with van der Waals surface area (Å²) in [7, 11) is 0. The average molecular weight is 289 g/mol. The van der Waals surface area contributed by atoms with Crippen LogP contribution in [0.15, 0.2) is 42.5 Å². The van der Waals surface area contributed by atoms with Crippen LogP contribution in [0.5, 0.6) is 0 Å². The van der Waals surface area contributed by atoms with Gasteiger partial charge in [0.15, 0.2) is 11.6 Å².